The zero-order valence-electron chi connectivity index (χ0n) is 7.37. The van der Waals surface area contributed by atoms with Gasteiger partial charge in [-0.1, -0.05) is 13.8 Å². The van der Waals surface area contributed by atoms with Crippen LogP contribution < -0.4 is 0 Å². The van der Waals surface area contributed by atoms with Gasteiger partial charge in [-0.15, -0.1) is 0 Å². The minimum atomic E-state index is 0.712. The van der Waals surface area contributed by atoms with Gasteiger partial charge in [0.1, 0.15) is 5.76 Å². The minimum Gasteiger partial charge on any atom is -0.428 e. The number of hydrogen-bond acceptors (Lipinski definition) is 2. The van der Waals surface area contributed by atoms with Crippen LogP contribution in [-0.2, 0) is 12.8 Å². The highest BCUT2D eigenvalue weighted by Crippen LogP contribution is 2.16. The van der Waals surface area contributed by atoms with Crippen molar-refractivity contribution in [2.45, 2.75) is 26.7 Å². The molecule has 0 saturated heterocycles. The Morgan fingerprint density at radius 3 is 2.92 bits per heavy atom. The molecular weight excluding hydrogens is 152 g/mol. The molecular formula is C9H12N2O. The molecule has 0 aliphatic heterocycles. The summed E-state index contributed by atoms with van der Waals surface area (Å²) in [6.45, 7) is 4.22. The van der Waals surface area contributed by atoms with E-state index in [1.54, 1.807) is 6.20 Å². The molecule has 0 N–H and O–H groups in total. The zero-order chi connectivity index (χ0) is 8.55. The van der Waals surface area contributed by atoms with Crippen LogP contribution in [0.25, 0.3) is 5.84 Å². The third kappa shape index (κ3) is 0.858. The summed E-state index contributed by atoms with van der Waals surface area (Å²) < 4.78 is 7.54. The summed E-state index contributed by atoms with van der Waals surface area (Å²) in [7, 11) is 0. The van der Waals surface area contributed by atoms with Crippen molar-refractivity contribution in [3.05, 3.63) is 23.8 Å². The molecule has 0 saturated carbocycles. The first-order valence-electron chi connectivity index (χ1n) is 4.30. The van der Waals surface area contributed by atoms with E-state index in [2.05, 4.69) is 18.8 Å². The number of fused-ring (bicyclic) bond motifs is 1. The topological polar surface area (TPSA) is 30.4 Å². The van der Waals surface area contributed by atoms with E-state index in [1.807, 2.05) is 10.6 Å². The Morgan fingerprint density at radius 1 is 1.42 bits per heavy atom. The van der Waals surface area contributed by atoms with Gasteiger partial charge in [-0.05, 0) is 6.42 Å². The normalized spacial score (nSPS) is 11.2. The third-order valence-corrected chi connectivity index (χ3v) is 2.09. The lowest BCUT2D eigenvalue weighted by atomic mass is 10.2. The van der Waals surface area contributed by atoms with Crippen LogP contribution in [-0.4, -0.2) is 9.38 Å². The molecule has 0 fully saturated rings. The molecule has 0 amide bonds. The summed E-state index contributed by atoms with van der Waals surface area (Å²) in [5, 5.41) is 0. The number of imidazole rings is 1. The van der Waals surface area contributed by atoms with E-state index in [-0.39, 0.29) is 0 Å². The van der Waals surface area contributed by atoms with Gasteiger partial charge < -0.3 is 4.42 Å². The van der Waals surface area contributed by atoms with Gasteiger partial charge in [-0.3, -0.25) is 4.40 Å². The van der Waals surface area contributed by atoms with Crippen molar-refractivity contribution < 1.29 is 4.42 Å². The number of oxazole rings is 1. The van der Waals surface area contributed by atoms with Gasteiger partial charge in [0.2, 0.25) is 0 Å². The van der Waals surface area contributed by atoms with Crippen molar-refractivity contribution in [2.75, 3.05) is 0 Å². The molecule has 3 nitrogen and oxygen atoms in total. The minimum absolute atomic E-state index is 0.712. The van der Waals surface area contributed by atoms with Gasteiger partial charge in [-0.2, -0.15) is 0 Å². The number of rotatable bonds is 2. The lowest BCUT2D eigenvalue weighted by molar-refractivity contribution is 0.539. The van der Waals surface area contributed by atoms with E-state index >= 15 is 0 Å². The first kappa shape index (κ1) is 7.40. The molecule has 2 aromatic rings. The second kappa shape index (κ2) is 2.66. The molecule has 0 aromatic carbocycles. The summed E-state index contributed by atoms with van der Waals surface area (Å²) in [5.74, 6) is 1.77. The Morgan fingerprint density at radius 2 is 2.25 bits per heavy atom. The van der Waals surface area contributed by atoms with Crippen LogP contribution in [0, 0.1) is 0 Å². The number of nitrogens with zero attached hydrogens (tertiary/aromatic N) is 2. The molecule has 3 heteroatoms. The Labute approximate surface area is 71.0 Å². The molecule has 2 heterocycles. The lowest BCUT2D eigenvalue weighted by Crippen LogP contribution is -1.90. The Balaban J connectivity index is 2.70. The molecule has 12 heavy (non-hydrogen) atoms. The van der Waals surface area contributed by atoms with Crippen LogP contribution in [0.15, 0.2) is 16.8 Å². The van der Waals surface area contributed by atoms with Gasteiger partial charge in [0.25, 0.3) is 0 Å². The molecule has 0 spiro atoms. The van der Waals surface area contributed by atoms with Crippen molar-refractivity contribution in [1.82, 2.24) is 9.38 Å². The molecule has 0 unspecified atom stereocenters. The summed E-state index contributed by atoms with van der Waals surface area (Å²) in [4.78, 5) is 4.09. The van der Waals surface area contributed by atoms with Crippen LogP contribution in [0.2, 0.25) is 0 Å². The third-order valence-electron chi connectivity index (χ3n) is 2.09. The zero-order valence-corrected chi connectivity index (χ0v) is 7.37. The standard InChI is InChI=1S/C9H12N2O/c1-3-7-8(4-2)12-9-10-5-6-11(7)9/h5-6H,3-4H2,1-2H3. The molecule has 0 radical (unpaired) electrons. The fourth-order valence-electron chi connectivity index (χ4n) is 1.52. The fraction of sp³-hybridized carbons (Fsp3) is 0.444. The van der Waals surface area contributed by atoms with Crippen LogP contribution in [0.4, 0.5) is 0 Å². The Bertz CT molecular complexity index is 386. The van der Waals surface area contributed by atoms with Crippen LogP contribution in [0.1, 0.15) is 25.3 Å². The summed E-state index contributed by atoms with van der Waals surface area (Å²) in [6, 6.07) is 0. The molecule has 2 aromatic heterocycles. The van der Waals surface area contributed by atoms with Gasteiger partial charge in [0.05, 0.1) is 5.69 Å². The summed E-state index contributed by atoms with van der Waals surface area (Å²) >= 11 is 0. The van der Waals surface area contributed by atoms with E-state index in [9.17, 15) is 0 Å². The van der Waals surface area contributed by atoms with E-state index in [0.717, 1.165) is 18.6 Å². The van der Waals surface area contributed by atoms with Crippen LogP contribution >= 0.6 is 0 Å². The average Bonchev–Trinajstić information content (AvgIpc) is 2.61. The highest BCUT2D eigenvalue weighted by atomic mass is 16.4. The molecule has 0 atom stereocenters. The van der Waals surface area contributed by atoms with Crippen molar-refractivity contribution in [2.24, 2.45) is 0 Å². The monoisotopic (exact) mass is 164 g/mol. The molecule has 2 rings (SSSR count). The maximum Gasteiger partial charge on any atom is 0.306 e. The average molecular weight is 164 g/mol. The maximum absolute atomic E-state index is 5.53. The smallest absolute Gasteiger partial charge is 0.306 e. The number of hydrogen-bond donors (Lipinski definition) is 0. The second-order valence-electron chi connectivity index (χ2n) is 2.76. The van der Waals surface area contributed by atoms with Gasteiger partial charge in [0, 0.05) is 18.8 Å². The van der Waals surface area contributed by atoms with Crippen molar-refractivity contribution in [1.29, 1.82) is 0 Å². The fourth-order valence-corrected chi connectivity index (χ4v) is 1.52. The highest BCUT2D eigenvalue weighted by molar-refractivity contribution is 5.30. The number of aryl methyl sites for hydroxylation is 2. The van der Waals surface area contributed by atoms with Crippen molar-refractivity contribution in [3.8, 4) is 0 Å². The lowest BCUT2D eigenvalue weighted by Gasteiger charge is -1.93. The predicted molar refractivity (Wildman–Crippen MR) is 46.2 cm³/mol. The summed E-state index contributed by atoms with van der Waals surface area (Å²) in [5.41, 5.74) is 1.24. The van der Waals surface area contributed by atoms with E-state index in [1.165, 1.54) is 5.69 Å². The van der Waals surface area contributed by atoms with E-state index < -0.39 is 0 Å². The van der Waals surface area contributed by atoms with Crippen molar-refractivity contribution >= 4 is 5.84 Å². The molecule has 64 valence electrons. The highest BCUT2D eigenvalue weighted by Gasteiger charge is 2.10. The van der Waals surface area contributed by atoms with Crippen LogP contribution in [0.5, 0.6) is 0 Å². The Hall–Kier alpha value is -1.25. The van der Waals surface area contributed by atoms with Crippen LogP contribution in [0.3, 0.4) is 0 Å². The summed E-state index contributed by atoms with van der Waals surface area (Å²) in [6.07, 6.45) is 5.63. The van der Waals surface area contributed by atoms with Gasteiger partial charge in [-0.25, -0.2) is 4.98 Å². The second-order valence-corrected chi connectivity index (χ2v) is 2.76. The van der Waals surface area contributed by atoms with E-state index in [4.69, 9.17) is 4.42 Å². The quantitative estimate of drug-likeness (QED) is 0.680. The van der Waals surface area contributed by atoms with Gasteiger partial charge >= 0.3 is 5.84 Å². The number of aromatic nitrogens is 2. The first-order valence-corrected chi connectivity index (χ1v) is 4.30. The predicted octanol–water partition coefficient (Wildman–Crippen LogP) is 2.05. The van der Waals surface area contributed by atoms with E-state index in [0.29, 0.717) is 5.84 Å². The first-order chi connectivity index (χ1) is 5.86. The van der Waals surface area contributed by atoms with Gasteiger partial charge in [0.15, 0.2) is 0 Å². The maximum atomic E-state index is 5.53. The Kier molecular flexibility index (Phi) is 1.64. The molecule has 0 aliphatic rings. The largest absolute Gasteiger partial charge is 0.428 e. The SMILES string of the molecule is CCc1oc2nccn2c1CC. The van der Waals surface area contributed by atoms with Crippen molar-refractivity contribution in [3.63, 3.8) is 0 Å². The molecule has 0 bridgehead atoms. The molecule has 0 aliphatic carbocycles.